The van der Waals surface area contributed by atoms with Gasteiger partial charge in [0.05, 0.1) is 5.02 Å². The Morgan fingerprint density at radius 1 is 1.47 bits per heavy atom. The van der Waals surface area contributed by atoms with Crippen LogP contribution in [0.25, 0.3) is 0 Å². The van der Waals surface area contributed by atoms with Gasteiger partial charge in [0.25, 0.3) is 0 Å². The van der Waals surface area contributed by atoms with Crippen molar-refractivity contribution in [2.24, 2.45) is 0 Å². The Bertz CT molecular complexity index is 401. The van der Waals surface area contributed by atoms with Crippen molar-refractivity contribution in [1.29, 1.82) is 0 Å². The van der Waals surface area contributed by atoms with Gasteiger partial charge in [-0.05, 0) is 31.0 Å². The van der Waals surface area contributed by atoms with Gasteiger partial charge in [-0.1, -0.05) is 11.6 Å². The third-order valence-electron chi connectivity index (χ3n) is 2.25. The minimum absolute atomic E-state index is 0.170. The molecule has 0 fully saturated rings. The Morgan fingerprint density at radius 2 is 2.27 bits per heavy atom. The maximum Gasteiger partial charge on any atom is 0.231 e. The molecule has 0 aromatic heterocycles. The molecule has 1 aromatic carbocycles. The number of fused-ring (bicyclic) bond motifs is 1. The Balaban J connectivity index is 2.20. The summed E-state index contributed by atoms with van der Waals surface area (Å²) in [5.41, 5.74) is 0.999. The van der Waals surface area contributed by atoms with E-state index in [0.29, 0.717) is 29.4 Å². The van der Waals surface area contributed by atoms with Gasteiger partial charge in [0.2, 0.25) is 6.79 Å². The minimum Gasteiger partial charge on any atom is -0.454 e. The predicted octanol–water partition coefficient (Wildman–Crippen LogP) is 2.59. The fraction of sp³-hybridized carbons (Fsp3) is 0.364. The number of hydrogen-bond donors (Lipinski definition) is 0. The van der Waals surface area contributed by atoms with E-state index in [9.17, 15) is 4.79 Å². The zero-order valence-electron chi connectivity index (χ0n) is 8.38. The van der Waals surface area contributed by atoms with Gasteiger partial charge in [0.1, 0.15) is 5.78 Å². The average molecular weight is 227 g/mol. The first-order valence-electron chi connectivity index (χ1n) is 4.74. The number of carbonyl (C=O) groups excluding carboxylic acids is 1. The molecule has 0 amide bonds. The highest BCUT2D eigenvalue weighted by Crippen LogP contribution is 2.39. The van der Waals surface area contributed by atoms with Crippen molar-refractivity contribution < 1.29 is 14.3 Å². The zero-order valence-corrected chi connectivity index (χ0v) is 9.13. The molecule has 1 aromatic rings. The quantitative estimate of drug-likeness (QED) is 0.795. The van der Waals surface area contributed by atoms with E-state index in [2.05, 4.69) is 0 Å². The fourth-order valence-electron chi connectivity index (χ4n) is 1.49. The van der Waals surface area contributed by atoms with Crippen LogP contribution in [0, 0.1) is 0 Å². The summed E-state index contributed by atoms with van der Waals surface area (Å²) < 4.78 is 10.4. The molecule has 0 bridgehead atoms. The van der Waals surface area contributed by atoms with E-state index in [1.54, 1.807) is 6.92 Å². The van der Waals surface area contributed by atoms with Crippen molar-refractivity contribution in [3.05, 3.63) is 22.7 Å². The topological polar surface area (TPSA) is 35.5 Å². The lowest BCUT2D eigenvalue weighted by molar-refractivity contribution is -0.116. The summed E-state index contributed by atoms with van der Waals surface area (Å²) in [6.45, 7) is 1.79. The lowest BCUT2D eigenvalue weighted by Gasteiger charge is -2.03. The molecule has 15 heavy (non-hydrogen) atoms. The molecule has 0 unspecified atom stereocenters. The molecule has 0 aliphatic carbocycles. The summed E-state index contributed by atoms with van der Waals surface area (Å²) in [6, 6.07) is 3.69. The second-order valence-electron chi connectivity index (χ2n) is 3.51. The molecular weight excluding hydrogens is 216 g/mol. The summed E-state index contributed by atoms with van der Waals surface area (Å²) >= 11 is 6.00. The second-order valence-corrected chi connectivity index (χ2v) is 3.92. The standard InChI is InChI=1S/C11H11ClO3/c1-7(13)2-3-8-4-9(12)11-10(5-8)14-6-15-11/h4-5H,2-3,6H2,1H3. The molecule has 2 rings (SSSR count). The van der Waals surface area contributed by atoms with Gasteiger partial charge < -0.3 is 14.3 Å². The van der Waals surface area contributed by atoms with Crippen molar-refractivity contribution in [1.82, 2.24) is 0 Å². The van der Waals surface area contributed by atoms with Crippen molar-refractivity contribution in [3.8, 4) is 11.5 Å². The first-order chi connectivity index (χ1) is 7.16. The van der Waals surface area contributed by atoms with Gasteiger partial charge >= 0.3 is 0 Å². The van der Waals surface area contributed by atoms with E-state index in [4.69, 9.17) is 21.1 Å². The third-order valence-corrected chi connectivity index (χ3v) is 2.53. The zero-order chi connectivity index (χ0) is 10.8. The number of ketones is 1. The highest BCUT2D eigenvalue weighted by atomic mass is 35.5. The van der Waals surface area contributed by atoms with E-state index >= 15 is 0 Å². The van der Waals surface area contributed by atoms with Gasteiger partial charge in [0.15, 0.2) is 11.5 Å². The van der Waals surface area contributed by atoms with E-state index in [1.807, 2.05) is 12.1 Å². The Labute approximate surface area is 92.9 Å². The van der Waals surface area contributed by atoms with Crippen LogP contribution >= 0.6 is 11.6 Å². The van der Waals surface area contributed by atoms with Gasteiger partial charge in [-0.25, -0.2) is 0 Å². The van der Waals surface area contributed by atoms with Crippen LogP contribution in [0.1, 0.15) is 18.9 Å². The van der Waals surface area contributed by atoms with Crippen molar-refractivity contribution in [3.63, 3.8) is 0 Å². The smallest absolute Gasteiger partial charge is 0.231 e. The molecule has 0 spiro atoms. The van der Waals surface area contributed by atoms with Crippen LogP contribution in [0.4, 0.5) is 0 Å². The highest BCUT2D eigenvalue weighted by Gasteiger charge is 2.18. The largest absolute Gasteiger partial charge is 0.454 e. The molecule has 0 saturated heterocycles. The van der Waals surface area contributed by atoms with Crippen LogP contribution in [0.15, 0.2) is 12.1 Å². The molecule has 0 N–H and O–H groups in total. The van der Waals surface area contributed by atoms with Crippen molar-refractivity contribution in [2.45, 2.75) is 19.8 Å². The molecule has 1 aliphatic heterocycles. The van der Waals surface area contributed by atoms with Crippen LogP contribution in [0.5, 0.6) is 11.5 Å². The maximum atomic E-state index is 10.8. The molecule has 80 valence electrons. The van der Waals surface area contributed by atoms with Crippen molar-refractivity contribution in [2.75, 3.05) is 6.79 Å². The highest BCUT2D eigenvalue weighted by molar-refractivity contribution is 6.32. The summed E-state index contributed by atoms with van der Waals surface area (Å²) in [7, 11) is 0. The van der Waals surface area contributed by atoms with E-state index < -0.39 is 0 Å². The number of halogens is 1. The summed E-state index contributed by atoms with van der Waals surface area (Å²) in [4.78, 5) is 10.8. The second kappa shape index (κ2) is 4.11. The van der Waals surface area contributed by atoms with Crippen LogP contribution in [0.3, 0.4) is 0 Å². The third kappa shape index (κ3) is 2.23. The number of Topliss-reactive ketones (excluding diaryl/α,β-unsaturated/α-hetero) is 1. The molecular formula is C11H11ClO3. The number of aryl methyl sites for hydroxylation is 1. The molecule has 1 aliphatic rings. The number of benzene rings is 1. The van der Waals surface area contributed by atoms with E-state index in [-0.39, 0.29) is 12.6 Å². The summed E-state index contributed by atoms with van der Waals surface area (Å²) in [5.74, 6) is 1.44. The normalized spacial score (nSPS) is 12.9. The number of hydrogen-bond acceptors (Lipinski definition) is 3. The SMILES string of the molecule is CC(=O)CCc1cc(Cl)c2c(c1)OCO2. The average Bonchev–Trinajstić information content (AvgIpc) is 2.63. The van der Waals surface area contributed by atoms with Crippen molar-refractivity contribution >= 4 is 17.4 Å². The molecule has 1 heterocycles. The van der Waals surface area contributed by atoms with Crippen LogP contribution in [0.2, 0.25) is 5.02 Å². The first kappa shape index (κ1) is 10.3. The molecule has 4 heteroatoms. The summed E-state index contributed by atoms with van der Waals surface area (Å²) in [5, 5.41) is 0.545. The van der Waals surface area contributed by atoms with Gasteiger partial charge in [0, 0.05) is 6.42 Å². The molecule has 0 atom stereocenters. The predicted molar refractivity (Wildman–Crippen MR) is 56.6 cm³/mol. The number of rotatable bonds is 3. The van der Waals surface area contributed by atoms with Gasteiger partial charge in [-0.15, -0.1) is 0 Å². The molecule has 0 saturated carbocycles. The Morgan fingerprint density at radius 3 is 3.00 bits per heavy atom. The van der Waals surface area contributed by atoms with Crippen LogP contribution < -0.4 is 9.47 Å². The monoisotopic (exact) mass is 226 g/mol. The maximum absolute atomic E-state index is 10.8. The molecule has 3 nitrogen and oxygen atoms in total. The molecule has 0 radical (unpaired) electrons. The number of carbonyl (C=O) groups is 1. The number of ether oxygens (including phenoxy) is 2. The first-order valence-corrected chi connectivity index (χ1v) is 5.12. The lowest BCUT2D eigenvalue weighted by atomic mass is 10.1. The lowest BCUT2D eigenvalue weighted by Crippen LogP contribution is -1.94. The summed E-state index contributed by atoms with van der Waals surface area (Å²) in [6.07, 6.45) is 1.21. The Hall–Kier alpha value is -1.22. The van der Waals surface area contributed by atoms with E-state index in [0.717, 1.165) is 5.56 Å². The Kier molecular flexibility index (Phi) is 2.82. The van der Waals surface area contributed by atoms with Gasteiger partial charge in [-0.2, -0.15) is 0 Å². The van der Waals surface area contributed by atoms with Crippen LogP contribution in [-0.4, -0.2) is 12.6 Å². The van der Waals surface area contributed by atoms with Gasteiger partial charge in [-0.3, -0.25) is 0 Å². The van der Waals surface area contributed by atoms with E-state index in [1.165, 1.54) is 0 Å². The van der Waals surface area contributed by atoms with Crippen LogP contribution in [-0.2, 0) is 11.2 Å². The fourth-order valence-corrected chi connectivity index (χ4v) is 1.77. The minimum atomic E-state index is 0.170.